The molecule has 10 heteroatoms. The van der Waals surface area contributed by atoms with Crippen molar-refractivity contribution in [3.8, 4) is 11.6 Å². The predicted octanol–water partition coefficient (Wildman–Crippen LogP) is 3.70. The number of carbonyl (C=O) groups excluding carboxylic acids is 1. The first kappa shape index (κ1) is 22.7. The highest BCUT2D eigenvalue weighted by Crippen LogP contribution is 2.34. The maximum atomic E-state index is 13.4. The maximum absolute atomic E-state index is 13.4. The van der Waals surface area contributed by atoms with Gasteiger partial charge in [-0.3, -0.25) is 23.7 Å². The summed E-state index contributed by atoms with van der Waals surface area (Å²) in [4.78, 5) is 42.9. The van der Waals surface area contributed by atoms with Crippen LogP contribution in [0.4, 0.5) is 0 Å². The highest BCUT2D eigenvalue weighted by molar-refractivity contribution is 8.26. The van der Waals surface area contributed by atoms with E-state index >= 15 is 0 Å². The van der Waals surface area contributed by atoms with Crippen molar-refractivity contribution in [2.45, 2.75) is 20.8 Å². The van der Waals surface area contributed by atoms with Crippen molar-refractivity contribution in [1.29, 1.82) is 0 Å². The van der Waals surface area contributed by atoms with Crippen LogP contribution in [0.5, 0.6) is 11.6 Å². The van der Waals surface area contributed by atoms with Gasteiger partial charge in [0.15, 0.2) is 0 Å². The Morgan fingerprint density at radius 2 is 1.91 bits per heavy atom. The van der Waals surface area contributed by atoms with Crippen LogP contribution in [0.25, 0.3) is 11.7 Å². The number of hydrogen-bond acceptors (Lipinski definition) is 7. The third kappa shape index (κ3) is 4.53. The number of ether oxygens (including phenoxy) is 1. The van der Waals surface area contributed by atoms with Gasteiger partial charge in [0.2, 0.25) is 5.88 Å². The molecule has 0 bridgehead atoms. The zero-order valence-corrected chi connectivity index (χ0v) is 19.6. The van der Waals surface area contributed by atoms with Crippen LogP contribution in [0.2, 0.25) is 0 Å². The molecular formula is C23H19N3O5S2. The summed E-state index contributed by atoms with van der Waals surface area (Å²) in [6.45, 7) is 5.14. The Hall–Kier alpha value is -3.50. The van der Waals surface area contributed by atoms with Gasteiger partial charge in [-0.15, -0.1) is 0 Å². The standard InChI is InChI=1S/C23H19N3O5S2/c1-12-7-13(2)9-15(8-12)31-20-16(21(29)25-6-4-5-14(3)19(25)24-20)10-17-22(30)26(11-18(27)28)23(32)33-17/h4-10H,11H2,1-3H3,(H,27,28)/b17-10+. The Bertz CT molecular complexity index is 1410. The molecule has 2 aromatic heterocycles. The molecule has 3 heterocycles. The Balaban J connectivity index is 1.89. The van der Waals surface area contributed by atoms with E-state index in [-0.39, 0.29) is 20.7 Å². The Morgan fingerprint density at radius 3 is 2.58 bits per heavy atom. The number of carbonyl (C=O) groups is 2. The van der Waals surface area contributed by atoms with Gasteiger partial charge in [-0.2, -0.15) is 4.98 Å². The normalized spacial score (nSPS) is 15.0. The number of rotatable bonds is 5. The number of thiocarbonyl (C=S) groups is 1. The fourth-order valence-electron chi connectivity index (χ4n) is 3.50. The van der Waals surface area contributed by atoms with Gasteiger partial charge in [0, 0.05) is 6.20 Å². The van der Waals surface area contributed by atoms with E-state index in [4.69, 9.17) is 22.1 Å². The average Bonchev–Trinajstić information content (AvgIpc) is 2.98. The van der Waals surface area contributed by atoms with E-state index in [1.807, 2.05) is 45.0 Å². The molecule has 8 nitrogen and oxygen atoms in total. The van der Waals surface area contributed by atoms with Gasteiger partial charge in [0.1, 0.15) is 27.8 Å². The number of aryl methyl sites for hydroxylation is 3. The van der Waals surface area contributed by atoms with Crippen LogP contribution in [-0.2, 0) is 9.59 Å². The van der Waals surface area contributed by atoms with E-state index in [1.165, 1.54) is 10.5 Å². The molecule has 168 valence electrons. The van der Waals surface area contributed by atoms with Gasteiger partial charge >= 0.3 is 5.97 Å². The van der Waals surface area contributed by atoms with Crippen molar-refractivity contribution in [3.05, 3.63) is 74.0 Å². The van der Waals surface area contributed by atoms with Crippen molar-refractivity contribution in [2.24, 2.45) is 0 Å². The molecule has 4 rings (SSSR count). The minimum Gasteiger partial charge on any atom is -0.480 e. The number of carboxylic acids is 1. The van der Waals surface area contributed by atoms with E-state index in [0.29, 0.717) is 11.4 Å². The van der Waals surface area contributed by atoms with E-state index < -0.39 is 24.0 Å². The zero-order valence-electron chi connectivity index (χ0n) is 18.0. The second kappa shape index (κ2) is 8.80. The van der Waals surface area contributed by atoms with Crippen LogP contribution in [0, 0.1) is 20.8 Å². The highest BCUT2D eigenvalue weighted by atomic mass is 32.2. The summed E-state index contributed by atoms with van der Waals surface area (Å²) in [6, 6.07) is 9.20. The molecule has 0 aliphatic carbocycles. The lowest BCUT2D eigenvalue weighted by Crippen LogP contribution is -2.33. The molecule has 0 spiro atoms. The SMILES string of the molecule is Cc1cc(C)cc(Oc2nc3c(C)cccn3c(=O)c2/C=C2/SC(=S)N(CC(=O)O)C2=O)c1. The molecule has 1 aromatic carbocycles. The van der Waals surface area contributed by atoms with Crippen molar-refractivity contribution in [1.82, 2.24) is 14.3 Å². The molecule has 0 saturated carbocycles. The van der Waals surface area contributed by atoms with Crippen LogP contribution in [0.1, 0.15) is 22.3 Å². The monoisotopic (exact) mass is 481 g/mol. The Morgan fingerprint density at radius 1 is 1.21 bits per heavy atom. The number of aromatic nitrogens is 2. The predicted molar refractivity (Wildman–Crippen MR) is 130 cm³/mol. The first-order valence-corrected chi connectivity index (χ1v) is 11.1. The largest absolute Gasteiger partial charge is 0.480 e. The fraction of sp³-hybridized carbons (Fsp3) is 0.174. The second-order valence-electron chi connectivity index (χ2n) is 7.61. The van der Waals surface area contributed by atoms with Gasteiger partial charge in [-0.25, -0.2) is 0 Å². The summed E-state index contributed by atoms with van der Waals surface area (Å²) in [7, 11) is 0. The number of pyridine rings is 1. The lowest BCUT2D eigenvalue weighted by molar-refractivity contribution is -0.140. The number of hydrogen-bond donors (Lipinski definition) is 1. The van der Waals surface area contributed by atoms with Gasteiger partial charge in [0.05, 0.1) is 4.91 Å². The summed E-state index contributed by atoms with van der Waals surface area (Å²) in [5, 5.41) is 9.06. The first-order chi connectivity index (χ1) is 15.6. The van der Waals surface area contributed by atoms with E-state index in [1.54, 1.807) is 12.3 Å². The lowest BCUT2D eigenvalue weighted by Gasteiger charge is -2.12. The summed E-state index contributed by atoms with van der Waals surface area (Å²) in [6.07, 6.45) is 2.95. The molecule has 33 heavy (non-hydrogen) atoms. The minimum atomic E-state index is -1.19. The summed E-state index contributed by atoms with van der Waals surface area (Å²) in [5.74, 6) is -1.22. The van der Waals surface area contributed by atoms with Crippen molar-refractivity contribution >= 4 is 51.9 Å². The highest BCUT2D eigenvalue weighted by Gasteiger charge is 2.34. The number of amides is 1. The number of benzene rings is 1. The van der Waals surface area contributed by atoms with E-state index in [9.17, 15) is 14.4 Å². The number of aliphatic carboxylic acids is 1. The quantitative estimate of drug-likeness (QED) is 0.435. The summed E-state index contributed by atoms with van der Waals surface area (Å²) in [5.41, 5.74) is 2.81. The van der Waals surface area contributed by atoms with E-state index in [2.05, 4.69) is 4.98 Å². The van der Waals surface area contributed by atoms with Gasteiger partial charge < -0.3 is 9.84 Å². The van der Waals surface area contributed by atoms with Gasteiger partial charge in [0.25, 0.3) is 11.5 Å². The molecule has 0 unspecified atom stereocenters. The average molecular weight is 482 g/mol. The first-order valence-electron chi connectivity index (χ1n) is 9.89. The van der Waals surface area contributed by atoms with Gasteiger partial charge in [-0.05, 0) is 61.7 Å². The summed E-state index contributed by atoms with van der Waals surface area (Å²) < 4.78 is 7.54. The zero-order chi connectivity index (χ0) is 23.9. The number of carboxylic acid groups (broad SMARTS) is 1. The molecule has 0 radical (unpaired) electrons. The molecule has 1 aliphatic heterocycles. The molecule has 1 fully saturated rings. The molecule has 1 saturated heterocycles. The molecular weight excluding hydrogens is 462 g/mol. The van der Waals surface area contributed by atoms with Crippen LogP contribution >= 0.6 is 24.0 Å². The molecule has 3 aromatic rings. The molecule has 1 N–H and O–H groups in total. The topological polar surface area (TPSA) is 101 Å². The van der Waals surface area contributed by atoms with Crippen molar-refractivity contribution in [3.63, 3.8) is 0 Å². The van der Waals surface area contributed by atoms with Crippen LogP contribution in [0.15, 0.2) is 46.2 Å². The Labute approximate surface area is 198 Å². The molecule has 1 amide bonds. The van der Waals surface area contributed by atoms with Crippen LogP contribution < -0.4 is 10.3 Å². The minimum absolute atomic E-state index is 0.0443. The van der Waals surface area contributed by atoms with Gasteiger partial charge in [-0.1, -0.05) is 36.1 Å². The maximum Gasteiger partial charge on any atom is 0.323 e. The number of nitrogens with zero attached hydrogens (tertiary/aromatic N) is 3. The lowest BCUT2D eigenvalue weighted by atomic mass is 10.1. The smallest absolute Gasteiger partial charge is 0.323 e. The Kier molecular flexibility index (Phi) is 6.05. The molecule has 0 atom stereocenters. The third-order valence-electron chi connectivity index (χ3n) is 4.90. The molecule has 1 aliphatic rings. The van der Waals surface area contributed by atoms with Crippen LogP contribution in [0.3, 0.4) is 0 Å². The summed E-state index contributed by atoms with van der Waals surface area (Å²) >= 11 is 6.09. The van der Waals surface area contributed by atoms with Crippen molar-refractivity contribution < 1.29 is 19.4 Å². The van der Waals surface area contributed by atoms with Crippen molar-refractivity contribution in [2.75, 3.05) is 6.54 Å². The number of thioether (sulfide) groups is 1. The van der Waals surface area contributed by atoms with E-state index in [0.717, 1.165) is 33.4 Å². The van der Waals surface area contributed by atoms with Crippen LogP contribution in [-0.4, -0.2) is 42.1 Å². The third-order valence-corrected chi connectivity index (χ3v) is 6.28. The fourth-order valence-corrected chi connectivity index (χ4v) is 4.74. The number of fused-ring (bicyclic) bond motifs is 1. The second-order valence-corrected chi connectivity index (χ2v) is 9.28.